The molecule has 0 fully saturated rings. The molecule has 0 saturated carbocycles. The van der Waals surface area contributed by atoms with E-state index in [1.165, 1.54) is 6.21 Å². The van der Waals surface area contributed by atoms with E-state index in [1.807, 2.05) is 6.92 Å². The van der Waals surface area contributed by atoms with Crippen molar-refractivity contribution in [2.24, 2.45) is 5.10 Å². The molecule has 0 bridgehead atoms. The maximum Gasteiger partial charge on any atom is 0.329 e. The summed E-state index contributed by atoms with van der Waals surface area (Å²) < 4.78 is 5.38. The zero-order chi connectivity index (χ0) is 18.2. The summed E-state index contributed by atoms with van der Waals surface area (Å²) in [6, 6.07) is 11.7. The minimum Gasteiger partial charge on any atom is -0.492 e. The number of nitrogens with zero attached hydrogens (tertiary/aromatic N) is 1. The number of carbonyl (C=O) groups is 2. The third kappa shape index (κ3) is 5.20. The SMILES string of the molecule is CCOc1ccccc1NC(=O)C(=O)NN=Cc1c(Cl)cccc1Cl. The van der Waals surface area contributed by atoms with Crippen LogP contribution in [0.2, 0.25) is 10.0 Å². The predicted octanol–water partition coefficient (Wildman–Crippen LogP) is 3.48. The number of hydrogen-bond acceptors (Lipinski definition) is 4. The molecule has 2 aromatic rings. The van der Waals surface area contributed by atoms with Gasteiger partial charge >= 0.3 is 11.8 Å². The molecule has 0 spiro atoms. The van der Waals surface area contributed by atoms with E-state index in [9.17, 15) is 9.59 Å². The van der Waals surface area contributed by atoms with Gasteiger partial charge < -0.3 is 10.1 Å². The Hall–Kier alpha value is -2.57. The Kier molecular flexibility index (Phi) is 6.80. The maximum absolute atomic E-state index is 11.9. The number of benzene rings is 2. The number of anilines is 1. The molecule has 0 heterocycles. The predicted molar refractivity (Wildman–Crippen MR) is 98.4 cm³/mol. The van der Waals surface area contributed by atoms with E-state index in [2.05, 4.69) is 15.8 Å². The lowest BCUT2D eigenvalue weighted by molar-refractivity contribution is -0.136. The van der Waals surface area contributed by atoms with Gasteiger partial charge in [-0.2, -0.15) is 5.10 Å². The molecule has 6 nitrogen and oxygen atoms in total. The molecule has 2 amide bonds. The van der Waals surface area contributed by atoms with Crippen LogP contribution in [0.5, 0.6) is 5.75 Å². The second-order valence-electron chi connectivity index (χ2n) is 4.72. The lowest BCUT2D eigenvalue weighted by atomic mass is 10.2. The summed E-state index contributed by atoms with van der Waals surface area (Å²) in [6.07, 6.45) is 1.27. The summed E-state index contributed by atoms with van der Waals surface area (Å²) >= 11 is 12.0. The first-order valence-electron chi connectivity index (χ1n) is 7.33. The summed E-state index contributed by atoms with van der Waals surface area (Å²) in [7, 11) is 0. The molecule has 0 saturated heterocycles. The van der Waals surface area contributed by atoms with Crippen LogP contribution < -0.4 is 15.5 Å². The molecular weight excluding hydrogens is 365 g/mol. The molecule has 0 aliphatic rings. The summed E-state index contributed by atoms with van der Waals surface area (Å²) in [5.74, 6) is -1.35. The van der Waals surface area contributed by atoms with Crippen LogP contribution in [0.1, 0.15) is 12.5 Å². The van der Waals surface area contributed by atoms with Crippen LogP contribution in [0.15, 0.2) is 47.6 Å². The highest BCUT2D eigenvalue weighted by Crippen LogP contribution is 2.23. The van der Waals surface area contributed by atoms with Crippen molar-refractivity contribution in [3.05, 3.63) is 58.1 Å². The lowest BCUT2D eigenvalue weighted by Gasteiger charge is -2.10. The molecule has 0 aliphatic carbocycles. The third-order valence-corrected chi connectivity index (χ3v) is 3.66. The van der Waals surface area contributed by atoms with Gasteiger partial charge in [0, 0.05) is 5.56 Å². The zero-order valence-corrected chi connectivity index (χ0v) is 14.8. The normalized spacial score (nSPS) is 10.5. The molecule has 8 heteroatoms. The first-order valence-corrected chi connectivity index (χ1v) is 8.08. The molecule has 2 aromatic carbocycles. The smallest absolute Gasteiger partial charge is 0.329 e. The van der Waals surface area contributed by atoms with Crippen LogP contribution in [0.3, 0.4) is 0 Å². The summed E-state index contributed by atoms with van der Waals surface area (Å²) in [4.78, 5) is 23.8. The van der Waals surface area contributed by atoms with Gasteiger partial charge in [0.1, 0.15) is 5.75 Å². The van der Waals surface area contributed by atoms with Crippen LogP contribution in [0.25, 0.3) is 0 Å². The highest BCUT2D eigenvalue weighted by Gasteiger charge is 2.15. The average Bonchev–Trinajstić information content (AvgIpc) is 2.59. The van der Waals surface area contributed by atoms with Crippen molar-refractivity contribution in [1.29, 1.82) is 0 Å². The average molecular weight is 380 g/mol. The largest absolute Gasteiger partial charge is 0.492 e. The van der Waals surface area contributed by atoms with Crippen molar-refractivity contribution < 1.29 is 14.3 Å². The molecule has 0 unspecified atom stereocenters. The van der Waals surface area contributed by atoms with E-state index in [4.69, 9.17) is 27.9 Å². The molecule has 0 aromatic heterocycles. The molecule has 0 aliphatic heterocycles. The number of ether oxygens (including phenoxy) is 1. The molecule has 0 radical (unpaired) electrons. The fourth-order valence-electron chi connectivity index (χ4n) is 1.87. The van der Waals surface area contributed by atoms with Gasteiger partial charge in [-0.25, -0.2) is 5.43 Å². The molecule has 25 heavy (non-hydrogen) atoms. The fraction of sp³-hybridized carbons (Fsp3) is 0.118. The van der Waals surface area contributed by atoms with Gasteiger partial charge in [-0.3, -0.25) is 9.59 Å². The summed E-state index contributed by atoms with van der Waals surface area (Å²) in [5, 5.41) is 6.91. The quantitative estimate of drug-likeness (QED) is 0.474. The van der Waals surface area contributed by atoms with Crippen LogP contribution >= 0.6 is 23.2 Å². The van der Waals surface area contributed by atoms with Crippen LogP contribution in [-0.4, -0.2) is 24.6 Å². The fourth-order valence-corrected chi connectivity index (χ4v) is 2.37. The Morgan fingerprint density at radius 1 is 1.08 bits per heavy atom. The van der Waals surface area contributed by atoms with Crippen LogP contribution in [0.4, 0.5) is 5.69 Å². The van der Waals surface area contributed by atoms with Gasteiger partial charge in [0.25, 0.3) is 0 Å². The van der Waals surface area contributed by atoms with Gasteiger partial charge in [0.2, 0.25) is 0 Å². The van der Waals surface area contributed by atoms with Gasteiger partial charge in [-0.15, -0.1) is 0 Å². The highest BCUT2D eigenvalue weighted by atomic mass is 35.5. The van der Waals surface area contributed by atoms with Gasteiger partial charge in [0.05, 0.1) is 28.6 Å². The Morgan fingerprint density at radius 2 is 1.76 bits per heavy atom. The zero-order valence-electron chi connectivity index (χ0n) is 13.3. The number of amides is 2. The van der Waals surface area contributed by atoms with Crippen molar-refractivity contribution in [3.63, 3.8) is 0 Å². The van der Waals surface area contributed by atoms with Crippen molar-refractivity contribution in [3.8, 4) is 5.75 Å². The molecule has 0 atom stereocenters. The second-order valence-corrected chi connectivity index (χ2v) is 5.53. The number of hydrazone groups is 1. The Bertz CT molecular complexity index is 789. The van der Waals surface area contributed by atoms with Crippen LogP contribution in [0, 0.1) is 0 Å². The summed E-state index contributed by atoms with van der Waals surface area (Å²) in [5.41, 5.74) is 2.95. The third-order valence-electron chi connectivity index (χ3n) is 3.00. The summed E-state index contributed by atoms with van der Waals surface area (Å²) in [6.45, 7) is 2.25. The minimum absolute atomic E-state index is 0.376. The number of nitrogens with one attached hydrogen (secondary N) is 2. The monoisotopic (exact) mass is 379 g/mol. The van der Waals surface area contributed by atoms with Crippen molar-refractivity contribution in [2.75, 3.05) is 11.9 Å². The number of hydrogen-bond donors (Lipinski definition) is 2. The Balaban J connectivity index is 1.99. The standard InChI is InChI=1S/C17H15Cl2N3O3/c1-2-25-15-9-4-3-8-14(15)21-16(23)17(24)22-20-10-11-12(18)6-5-7-13(11)19/h3-10H,2H2,1H3,(H,21,23)(H,22,24). The number of para-hydroxylation sites is 2. The number of rotatable bonds is 5. The molecule has 130 valence electrons. The highest BCUT2D eigenvalue weighted by molar-refractivity contribution is 6.40. The Labute approximate surface area is 154 Å². The second kappa shape index (κ2) is 9.05. The van der Waals surface area contributed by atoms with E-state index in [-0.39, 0.29) is 0 Å². The van der Waals surface area contributed by atoms with E-state index in [0.717, 1.165) is 0 Å². The maximum atomic E-state index is 11.9. The first-order chi connectivity index (χ1) is 12.0. The van der Waals surface area contributed by atoms with E-state index >= 15 is 0 Å². The van der Waals surface area contributed by atoms with Crippen molar-refractivity contribution >= 4 is 46.9 Å². The Morgan fingerprint density at radius 3 is 2.44 bits per heavy atom. The number of halogens is 2. The minimum atomic E-state index is -0.939. The van der Waals surface area contributed by atoms with Gasteiger partial charge in [-0.05, 0) is 31.2 Å². The van der Waals surface area contributed by atoms with Gasteiger partial charge in [-0.1, -0.05) is 41.4 Å². The van der Waals surface area contributed by atoms with Crippen LogP contribution in [-0.2, 0) is 9.59 Å². The van der Waals surface area contributed by atoms with E-state index in [0.29, 0.717) is 33.7 Å². The number of carbonyl (C=O) groups excluding carboxylic acids is 2. The molecular formula is C17H15Cl2N3O3. The van der Waals surface area contributed by atoms with Gasteiger partial charge in [0.15, 0.2) is 0 Å². The van der Waals surface area contributed by atoms with Crippen molar-refractivity contribution in [1.82, 2.24) is 5.43 Å². The van der Waals surface area contributed by atoms with E-state index < -0.39 is 11.8 Å². The van der Waals surface area contributed by atoms with Crippen molar-refractivity contribution in [2.45, 2.75) is 6.92 Å². The molecule has 2 rings (SSSR count). The molecule has 2 N–H and O–H groups in total. The van der Waals surface area contributed by atoms with E-state index in [1.54, 1.807) is 42.5 Å². The first kappa shape index (κ1) is 18.8. The lowest BCUT2D eigenvalue weighted by Crippen LogP contribution is -2.32. The topological polar surface area (TPSA) is 79.8 Å².